The van der Waals surface area contributed by atoms with Crippen LogP contribution in [0.15, 0.2) is 18.2 Å². The van der Waals surface area contributed by atoms with Crippen molar-refractivity contribution in [3.05, 3.63) is 29.3 Å². The number of nitrogens with zero attached hydrogens (tertiary/aromatic N) is 1. The minimum absolute atomic E-state index is 0.0758. The molecular weight excluding hydrogens is 310 g/mol. The van der Waals surface area contributed by atoms with Crippen LogP contribution in [0.25, 0.3) is 0 Å². The second-order valence-corrected chi connectivity index (χ2v) is 6.56. The Balaban J connectivity index is 1.83. The molecule has 1 atom stereocenters. The highest BCUT2D eigenvalue weighted by atomic mass is 16.5. The van der Waals surface area contributed by atoms with E-state index in [4.69, 9.17) is 4.74 Å². The van der Waals surface area contributed by atoms with Crippen LogP contribution in [-0.4, -0.2) is 55.5 Å². The summed E-state index contributed by atoms with van der Waals surface area (Å²) in [5, 5.41) is 5.36. The van der Waals surface area contributed by atoms with Gasteiger partial charge in [-0.3, -0.25) is 14.4 Å². The molecule has 0 aliphatic carbocycles. The van der Waals surface area contributed by atoms with Gasteiger partial charge in [0.15, 0.2) is 6.10 Å². The van der Waals surface area contributed by atoms with Crippen LogP contribution in [0.3, 0.4) is 0 Å². The van der Waals surface area contributed by atoms with E-state index in [-0.39, 0.29) is 24.3 Å². The largest absolute Gasteiger partial charge is 0.365 e. The Bertz CT molecular complexity index is 714. The molecule has 7 nitrogen and oxygen atoms in total. The summed E-state index contributed by atoms with van der Waals surface area (Å²) in [5.41, 5.74) is 1.40. The first kappa shape index (κ1) is 16.4. The lowest BCUT2D eigenvalue weighted by Crippen LogP contribution is -2.51. The molecule has 0 bridgehead atoms. The molecule has 1 aromatic rings. The van der Waals surface area contributed by atoms with Crippen LogP contribution < -0.4 is 10.6 Å². The number of ether oxygens (including phenoxy) is 1. The summed E-state index contributed by atoms with van der Waals surface area (Å²) in [5.74, 6) is -0.476. The number of rotatable bonds is 2. The normalized spacial score (nSPS) is 21.9. The first-order valence-electron chi connectivity index (χ1n) is 7.93. The molecule has 2 heterocycles. The predicted molar refractivity (Wildman–Crippen MR) is 87.8 cm³/mol. The van der Waals surface area contributed by atoms with Crippen LogP contribution in [0.4, 0.5) is 5.69 Å². The van der Waals surface area contributed by atoms with E-state index in [1.54, 1.807) is 30.1 Å². The van der Waals surface area contributed by atoms with Crippen LogP contribution in [0.1, 0.15) is 29.8 Å². The maximum Gasteiger partial charge on any atom is 0.254 e. The smallest absolute Gasteiger partial charge is 0.254 e. The van der Waals surface area contributed by atoms with Crippen LogP contribution in [0, 0.1) is 0 Å². The molecular formula is C17H21N3O4. The van der Waals surface area contributed by atoms with Crippen molar-refractivity contribution in [3.63, 3.8) is 0 Å². The Labute approximate surface area is 140 Å². The van der Waals surface area contributed by atoms with Gasteiger partial charge in [0, 0.05) is 24.8 Å². The highest BCUT2D eigenvalue weighted by molar-refractivity contribution is 6.07. The Morgan fingerprint density at radius 2 is 2.12 bits per heavy atom. The van der Waals surface area contributed by atoms with Crippen LogP contribution in [-0.2, 0) is 19.7 Å². The molecule has 0 saturated carbocycles. The topological polar surface area (TPSA) is 87.7 Å². The lowest BCUT2D eigenvalue weighted by molar-refractivity contribution is -0.136. The zero-order valence-electron chi connectivity index (χ0n) is 14.0. The lowest BCUT2D eigenvalue weighted by atomic mass is 9.85. The number of amides is 3. The van der Waals surface area contributed by atoms with Crippen molar-refractivity contribution in [2.24, 2.45) is 0 Å². The quantitative estimate of drug-likeness (QED) is 0.826. The molecule has 2 aliphatic rings. The van der Waals surface area contributed by atoms with E-state index < -0.39 is 11.5 Å². The van der Waals surface area contributed by atoms with E-state index in [9.17, 15) is 14.4 Å². The third-order valence-corrected chi connectivity index (χ3v) is 4.65. The van der Waals surface area contributed by atoms with Gasteiger partial charge in [0.1, 0.15) is 0 Å². The third kappa shape index (κ3) is 2.65. The molecule has 1 saturated heterocycles. The Hall–Kier alpha value is -2.41. The molecule has 7 heteroatoms. The molecule has 1 aromatic carbocycles. The third-order valence-electron chi connectivity index (χ3n) is 4.65. The maximum atomic E-state index is 12.8. The molecule has 1 unspecified atom stereocenters. The molecule has 3 amide bonds. The van der Waals surface area contributed by atoms with E-state index in [0.29, 0.717) is 18.7 Å². The Morgan fingerprint density at radius 1 is 1.38 bits per heavy atom. The van der Waals surface area contributed by atoms with Crippen molar-refractivity contribution >= 4 is 23.4 Å². The fourth-order valence-corrected chi connectivity index (χ4v) is 3.04. The van der Waals surface area contributed by atoms with Crippen LogP contribution in [0.2, 0.25) is 0 Å². The number of morpholine rings is 1. The molecule has 3 rings (SSSR count). The zero-order chi connectivity index (χ0) is 17.5. The number of hydrogen-bond acceptors (Lipinski definition) is 4. The first-order chi connectivity index (χ1) is 11.3. The van der Waals surface area contributed by atoms with Gasteiger partial charge in [0.2, 0.25) is 5.91 Å². The minimum Gasteiger partial charge on any atom is -0.365 e. The van der Waals surface area contributed by atoms with Gasteiger partial charge in [-0.15, -0.1) is 0 Å². The minimum atomic E-state index is -0.665. The van der Waals surface area contributed by atoms with Crippen molar-refractivity contribution in [2.45, 2.75) is 25.4 Å². The number of likely N-dealkylation sites (N-methyl/N-ethyl adjacent to an activating group) is 1. The summed E-state index contributed by atoms with van der Waals surface area (Å²) in [4.78, 5) is 38.1. The van der Waals surface area contributed by atoms with E-state index in [0.717, 1.165) is 11.3 Å². The van der Waals surface area contributed by atoms with E-state index in [2.05, 4.69) is 10.6 Å². The Morgan fingerprint density at radius 3 is 2.83 bits per heavy atom. The van der Waals surface area contributed by atoms with Gasteiger partial charge >= 0.3 is 0 Å². The number of carbonyl (C=O) groups is 3. The molecule has 0 aromatic heterocycles. The lowest BCUT2D eigenvalue weighted by Gasteiger charge is -2.32. The van der Waals surface area contributed by atoms with Gasteiger partial charge in [0.05, 0.1) is 18.6 Å². The second-order valence-electron chi connectivity index (χ2n) is 6.56. The van der Waals surface area contributed by atoms with E-state index >= 15 is 0 Å². The highest BCUT2D eigenvalue weighted by Gasteiger charge is 2.39. The van der Waals surface area contributed by atoms with Gasteiger partial charge in [-0.25, -0.2) is 0 Å². The summed E-state index contributed by atoms with van der Waals surface area (Å²) in [6, 6.07) is 5.22. The average Bonchev–Trinajstić information content (AvgIpc) is 2.82. The molecule has 2 aliphatic heterocycles. The van der Waals surface area contributed by atoms with Gasteiger partial charge in [0.25, 0.3) is 11.8 Å². The fraction of sp³-hybridized carbons (Fsp3) is 0.471. The summed E-state index contributed by atoms with van der Waals surface area (Å²) >= 11 is 0. The van der Waals surface area contributed by atoms with E-state index in [1.807, 2.05) is 13.8 Å². The SMILES string of the molecule is CNC(=O)C1CN(C(=O)c2ccc3c(c2)C(C)(C)C(=O)N3)CCO1. The molecule has 24 heavy (non-hydrogen) atoms. The second kappa shape index (κ2) is 5.90. The van der Waals surface area contributed by atoms with Gasteiger partial charge in [-0.2, -0.15) is 0 Å². The monoisotopic (exact) mass is 331 g/mol. The maximum absolute atomic E-state index is 12.8. The van der Waals surface area contributed by atoms with Gasteiger partial charge < -0.3 is 20.3 Å². The van der Waals surface area contributed by atoms with Gasteiger partial charge in [-0.05, 0) is 37.6 Å². The van der Waals surface area contributed by atoms with Crippen LogP contribution in [0.5, 0.6) is 0 Å². The Kier molecular flexibility index (Phi) is 4.04. The zero-order valence-corrected chi connectivity index (χ0v) is 14.0. The number of anilines is 1. The first-order valence-corrected chi connectivity index (χ1v) is 7.93. The number of hydrogen-bond donors (Lipinski definition) is 2. The van der Waals surface area contributed by atoms with Crippen molar-refractivity contribution in [1.82, 2.24) is 10.2 Å². The fourth-order valence-electron chi connectivity index (χ4n) is 3.04. The standard InChI is InChI=1S/C17H21N3O4/c1-17(2)11-8-10(4-5-12(11)19-16(17)23)15(22)20-6-7-24-13(9-20)14(21)18-3/h4-5,8,13H,6-7,9H2,1-3H3,(H,18,21)(H,19,23). The molecule has 0 spiro atoms. The molecule has 0 radical (unpaired) electrons. The summed E-state index contributed by atoms with van der Waals surface area (Å²) in [6.07, 6.45) is -0.651. The number of nitrogens with one attached hydrogen (secondary N) is 2. The number of carbonyl (C=O) groups excluding carboxylic acids is 3. The van der Waals surface area contributed by atoms with Crippen molar-refractivity contribution in [2.75, 3.05) is 32.1 Å². The molecule has 128 valence electrons. The summed E-state index contributed by atoms with van der Waals surface area (Å²) in [7, 11) is 1.54. The van der Waals surface area contributed by atoms with Gasteiger partial charge in [-0.1, -0.05) is 0 Å². The molecule has 2 N–H and O–H groups in total. The van der Waals surface area contributed by atoms with Crippen molar-refractivity contribution < 1.29 is 19.1 Å². The predicted octanol–water partition coefficient (Wildman–Crippen LogP) is 0.503. The highest BCUT2D eigenvalue weighted by Crippen LogP contribution is 2.37. The van der Waals surface area contributed by atoms with E-state index in [1.165, 1.54) is 0 Å². The van der Waals surface area contributed by atoms with Crippen molar-refractivity contribution in [1.29, 1.82) is 0 Å². The summed E-state index contributed by atoms with van der Waals surface area (Å²) < 4.78 is 5.41. The number of fused-ring (bicyclic) bond motifs is 1. The average molecular weight is 331 g/mol. The van der Waals surface area contributed by atoms with Crippen LogP contribution >= 0.6 is 0 Å². The molecule has 1 fully saturated rings. The summed E-state index contributed by atoms with van der Waals surface area (Å²) in [6.45, 7) is 4.64. The van der Waals surface area contributed by atoms with Crippen molar-refractivity contribution in [3.8, 4) is 0 Å². The number of benzene rings is 1.